The summed E-state index contributed by atoms with van der Waals surface area (Å²) < 4.78 is 11.0. The maximum atomic E-state index is 12.0. The first kappa shape index (κ1) is 14.6. The number of rotatable bonds is 0. The monoisotopic (exact) mass is 270 g/mol. The minimum atomic E-state index is -0.434. The van der Waals surface area contributed by atoms with E-state index in [1.165, 1.54) is 0 Å². The molecule has 2 fully saturated rings. The van der Waals surface area contributed by atoms with Crippen molar-refractivity contribution in [3.05, 3.63) is 0 Å². The van der Waals surface area contributed by atoms with Crippen molar-refractivity contribution in [1.29, 1.82) is 0 Å². The fourth-order valence-electron chi connectivity index (χ4n) is 2.88. The predicted molar refractivity (Wildman–Crippen MR) is 72.9 cm³/mol. The molecule has 0 aliphatic carbocycles. The molecule has 0 saturated carbocycles. The lowest BCUT2D eigenvalue weighted by Crippen LogP contribution is -2.55. The molecule has 0 aromatic rings. The highest BCUT2D eigenvalue weighted by molar-refractivity contribution is 5.68. The molecule has 110 valence electrons. The molecule has 0 radical (unpaired) electrons. The minimum Gasteiger partial charge on any atom is -0.444 e. The van der Waals surface area contributed by atoms with Crippen LogP contribution < -0.4 is 5.73 Å². The molecular formula is C14H26N2O3. The SMILES string of the molecule is CC(C)(C)OC(=O)N1CCC2(CC1)COCCC2N. The molecule has 2 N–H and O–H groups in total. The lowest BCUT2D eigenvalue weighted by Gasteiger charge is -2.47. The summed E-state index contributed by atoms with van der Waals surface area (Å²) in [5.41, 5.74) is 5.89. The normalized spacial score (nSPS) is 27.4. The van der Waals surface area contributed by atoms with Crippen molar-refractivity contribution in [2.75, 3.05) is 26.3 Å². The number of carbonyl (C=O) groups excluding carboxylic acids is 1. The zero-order chi connectivity index (χ0) is 14.1. The second-order valence-electron chi connectivity index (χ2n) is 6.78. The van der Waals surface area contributed by atoms with Crippen LogP contribution in [-0.2, 0) is 9.47 Å². The Kier molecular flexibility index (Phi) is 4.06. The number of amides is 1. The highest BCUT2D eigenvalue weighted by Crippen LogP contribution is 2.38. The maximum absolute atomic E-state index is 12.0. The van der Waals surface area contributed by atoms with Crippen molar-refractivity contribution < 1.29 is 14.3 Å². The first-order valence-electron chi connectivity index (χ1n) is 7.14. The molecule has 2 aliphatic rings. The molecule has 0 bridgehead atoms. The van der Waals surface area contributed by atoms with Crippen molar-refractivity contribution >= 4 is 6.09 Å². The van der Waals surface area contributed by atoms with Gasteiger partial charge in [0.05, 0.1) is 6.61 Å². The zero-order valence-electron chi connectivity index (χ0n) is 12.3. The largest absolute Gasteiger partial charge is 0.444 e. The Morgan fingerprint density at radius 1 is 1.37 bits per heavy atom. The molecule has 2 saturated heterocycles. The number of likely N-dealkylation sites (tertiary alicyclic amines) is 1. The number of hydrogen-bond donors (Lipinski definition) is 1. The molecule has 2 heterocycles. The number of hydrogen-bond acceptors (Lipinski definition) is 4. The second-order valence-corrected chi connectivity index (χ2v) is 6.78. The lowest BCUT2D eigenvalue weighted by molar-refractivity contribution is -0.0591. The predicted octanol–water partition coefficient (Wildman–Crippen LogP) is 1.75. The van der Waals surface area contributed by atoms with E-state index >= 15 is 0 Å². The van der Waals surface area contributed by atoms with Gasteiger partial charge in [-0.05, 0) is 40.0 Å². The summed E-state index contributed by atoms with van der Waals surface area (Å²) in [6.07, 6.45) is 2.53. The van der Waals surface area contributed by atoms with Gasteiger partial charge in [0.25, 0.3) is 0 Å². The fraction of sp³-hybridized carbons (Fsp3) is 0.929. The Balaban J connectivity index is 1.90. The fourth-order valence-corrected chi connectivity index (χ4v) is 2.88. The van der Waals surface area contributed by atoms with E-state index in [-0.39, 0.29) is 17.6 Å². The molecule has 2 aliphatic heterocycles. The summed E-state index contributed by atoms with van der Waals surface area (Å²) in [5.74, 6) is 0. The lowest BCUT2D eigenvalue weighted by atomic mass is 9.71. The number of piperidine rings is 1. The molecule has 1 unspecified atom stereocenters. The van der Waals surface area contributed by atoms with Gasteiger partial charge in [0.1, 0.15) is 5.60 Å². The van der Waals surface area contributed by atoms with Gasteiger partial charge in [-0.3, -0.25) is 0 Å². The van der Waals surface area contributed by atoms with E-state index < -0.39 is 5.60 Å². The molecule has 1 atom stereocenters. The molecule has 0 aromatic carbocycles. The Morgan fingerprint density at radius 3 is 2.53 bits per heavy atom. The van der Waals surface area contributed by atoms with E-state index in [0.29, 0.717) is 13.1 Å². The maximum Gasteiger partial charge on any atom is 0.410 e. The minimum absolute atomic E-state index is 0.0662. The van der Waals surface area contributed by atoms with Crippen LogP contribution in [0.2, 0.25) is 0 Å². The van der Waals surface area contributed by atoms with Crippen LogP contribution in [0.1, 0.15) is 40.0 Å². The highest BCUT2D eigenvalue weighted by atomic mass is 16.6. The van der Waals surface area contributed by atoms with Crippen molar-refractivity contribution in [1.82, 2.24) is 4.90 Å². The average molecular weight is 270 g/mol. The zero-order valence-corrected chi connectivity index (χ0v) is 12.3. The number of carbonyl (C=O) groups is 1. The van der Waals surface area contributed by atoms with Crippen molar-refractivity contribution in [2.45, 2.75) is 51.7 Å². The molecule has 1 amide bonds. The van der Waals surface area contributed by atoms with E-state index in [9.17, 15) is 4.79 Å². The van der Waals surface area contributed by atoms with Gasteiger partial charge < -0.3 is 20.1 Å². The molecule has 19 heavy (non-hydrogen) atoms. The van der Waals surface area contributed by atoms with Gasteiger partial charge >= 0.3 is 6.09 Å². The molecule has 0 aromatic heterocycles. The van der Waals surface area contributed by atoms with Gasteiger partial charge in [-0.2, -0.15) is 0 Å². The second kappa shape index (κ2) is 5.29. The van der Waals surface area contributed by atoms with Crippen LogP contribution in [0.5, 0.6) is 0 Å². The van der Waals surface area contributed by atoms with Gasteiger partial charge in [-0.15, -0.1) is 0 Å². The Bertz CT molecular complexity index is 330. The van der Waals surface area contributed by atoms with Crippen LogP contribution >= 0.6 is 0 Å². The van der Waals surface area contributed by atoms with Crippen LogP contribution in [0, 0.1) is 5.41 Å². The molecule has 5 nitrogen and oxygen atoms in total. The van der Waals surface area contributed by atoms with E-state index in [1.54, 1.807) is 4.90 Å². The standard InChI is InChI=1S/C14H26N2O3/c1-13(2,3)19-12(17)16-7-5-14(6-8-16)10-18-9-4-11(14)15/h11H,4-10,15H2,1-3H3. The highest BCUT2D eigenvalue weighted by Gasteiger charge is 2.43. The van der Waals surface area contributed by atoms with Crippen LogP contribution in [0.4, 0.5) is 4.79 Å². The van der Waals surface area contributed by atoms with Crippen LogP contribution in [0.3, 0.4) is 0 Å². The molecule has 2 rings (SSSR count). The number of ether oxygens (including phenoxy) is 2. The Labute approximate surface area is 115 Å². The Hall–Kier alpha value is -0.810. The number of nitrogens with zero attached hydrogens (tertiary/aromatic N) is 1. The molecular weight excluding hydrogens is 244 g/mol. The van der Waals surface area contributed by atoms with Crippen LogP contribution in [0.15, 0.2) is 0 Å². The average Bonchev–Trinajstić information content (AvgIpc) is 2.32. The van der Waals surface area contributed by atoms with Gasteiger partial charge in [-0.1, -0.05) is 0 Å². The van der Waals surface area contributed by atoms with E-state index in [0.717, 1.165) is 32.5 Å². The third kappa shape index (κ3) is 3.39. The smallest absolute Gasteiger partial charge is 0.410 e. The van der Waals surface area contributed by atoms with Crippen LogP contribution in [-0.4, -0.2) is 48.9 Å². The van der Waals surface area contributed by atoms with Crippen molar-refractivity contribution in [2.24, 2.45) is 11.1 Å². The summed E-state index contributed by atoms with van der Waals surface area (Å²) in [5, 5.41) is 0. The summed E-state index contributed by atoms with van der Waals surface area (Å²) in [6.45, 7) is 8.59. The topological polar surface area (TPSA) is 64.8 Å². The van der Waals surface area contributed by atoms with E-state index in [1.807, 2.05) is 20.8 Å². The quantitative estimate of drug-likeness (QED) is 0.728. The van der Waals surface area contributed by atoms with Gasteiger partial charge in [-0.25, -0.2) is 4.79 Å². The van der Waals surface area contributed by atoms with E-state index in [2.05, 4.69) is 0 Å². The number of nitrogens with two attached hydrogens (primary N) is 1. The van der Waals surface area contributed by atoms with Gasteiger partial charge in [0.2, 0.25) is 0 Å². The third-order valence-electron chi connectivity index (χ3n) is 4.16. The summed E-state index contributed by atoms with van der Waals surface area (Å²) >= 11 is 0. The van der Waals surface area contributed by atoms with Crippen molar-refractivity contribution in [3.8, 4) is 0 Å². The first-order chi connectivity index (χ1) is 8.82. The van der Waals surface area contributed by atoms with Crippen LogP contribution in [0.25, 0.3) is 0 Å². The summed E-state index contributed by atoms with van der Waals surface area (Å²) in [4.78, 5) is 13.8. The van der Waals surface area contributed by atoms with Crippen molar-refractivity contribution in [3.63, 3.8) is 0 Å². The Morgan fingerprint density at radius 2 is 2.00 bits per heavy atom. The molecule has 5 heteroatoms. The van der Waals surface area contributed by atoms with E-state index in [4.69, 9.17) is 15.2 Å². The third-order valence-corrected chi connectivity index (χ3v) is 4.16. The summed E-state index contributed by atoms with van der Waals surface area (Å²) in [6, 6.07) is 0.196. The summed E-state index contributed by atoms with van der Waals surface area (Å²) in [7, 11) is 0. The first-order valence-corrected chi connectivity index (χ1v) is 7.14. The molecule has 1 spiro atoms. The van der Waals surface area contributed by atoms with Gasteiger partial charge in [0.15, 0.2) is 0 Å². The van der Waals surface area contributed by atoms with Gasteiger partial charge in [0, 0.05) is 31.2 Å².